The van der Waals surface area contributed by atoms with E-state index in [0.717, 1.165) is 12.8 Å². The van der Waals surface area contributed by atoms with Crippen LogP contribution in [0.3, 0.4) is 0 Å². The number of rotatable bonds is 19. The minimum Gasteiger partial charge on any atom is -0.464 e. The van der Waals surface area contributed by atoms with Crippen molar-refractivity contribution >= 4 is 11.9 Å². The standard InChI is InChI=1S/C25H45NO3/c1-2-3-4-5-6-7-8-9-10-11-12-13-14-15-16-17-18-19-22-29-25(28)23-20-21-24(27)26-23/h8-9,23H,2-7,10-22H2,1H3,(H,26,27)/b9-8+/t23-/m0/s1. The highest BCUT2D eigenvalue weighted by molar-refractivity contribution is 5.87. The zero-order valence-corrected chi connectivity index (χ0v) is 18.9. The van der Waals surface area contributed by atoms with Crippen molar-refractivity contribution in [3.63, 3.8) is 0 Å². The Morgan fingerprint density at radius 2 is 1.38 bits per heavy atom. The van der Waals surface area contributed by atoms with Gasteiger partial charge in [-0.3, -0.25) is 4.79 Å². The van der Waals surface area contributed by atoms with Gasteiger partial charge in [0.2, 0.25) is 5.91 Å². The molecule has 0 aromatic rings. The lowest BCUT2D eigenvalue weighted by Gasteiger charge is -2.09. The molecular weight excluding hydrogens is 362 g/mol. The molecule has 168 valence electrons. The maximum Gasteiger partial charge on any atom is 0.328 e. The number of hydrogen-bond acceptors (Lipinski definition) is 3. The number of unbranched alkanes of at least 4 members (excludes halogenated alkanes) is 14. The first kappa shape index (κ1) is 25.7. The molecule has 0 aliphatic carbocycles. The van der Waals surface area contributed by atoms with E-state index in [2.05, 4.69) is 24.4 Å². The Morgan fingerprint density at radius 1 is 0.862 bits per heavy atom. The third-order valence-electron chi connectivity index (χ3n) is 5.68. The smallest absolute Gasteiger partial charge is 0.328 e. The number of allylic oxidation sites excluding steroid dienone is 2. The van der Waals surface area contributed by atoms with E-state index < -0.39 is 6.04 Å². The first-order chi connectivity index (χ1) is 14.2. The van der Waals surface area contributed by atoms with Crippen molar-refractivity contribution in [2.24, 2.45) is 0 Å². The van der Waals surface area contributed by atoms with Crippen LogP contribution in [0.15, 0.2) is 12.2 Å². The van der Waals surface area contributed by atoms with Gasteiger partial charge in [0.15, 0.2) is 0 Å². The Balaban J connectivity index is 1.74. The second-order valence-corrected chi connectivity index (χ2v) is 8.47. The quantitative estimate of drug-likeness (QED) is 0.149. The molecule has 0 aromatic heterocycles. The van der Waals surface area contributed by atoms with Crippen molar-refractivity contribution in [1.29, 1.82) is 0 Å². The number of carbonyl (C=O) groups excluding carboxylic acids is 2. The van der Waals surface area contributed by atoms with Crippen LogP contribution in [0, 0.1) is 0 Å². The number of carbonyl (C=O) groups is 2. The zero-order valence-electron chi connectivity index (χ0n) is 18.9. The molecule has 1 heterocycles. The average Bonchev–Trinajstić information content (AvgIpc) is 3.16. The van der Waals surface area contributed by atoms with E-state index >= 15 is 0 Å². The number of hydrogen-bond donors (Lipinski definition) is 1. The fraction of sp³-hybridized carbons (Fsp3) is 0.840. The van der Waals surface area contributed by atoms with E-state index in [4.69, 9.17) is 4.74 Å². The number of ether oxygens (including phenoxy) is 1. The molecule has 1 amide bonds. The van der Waals surface area contributed by atoms with E-state index in [1.807, 2.05) is 0 Å². The third kappa shape index (κ3) is 15.2. The highest BCUT2D eigenvalue weighted by atomic mass is 16.5. The van der Waals surface area contributed by atoms with Crippen molar-refractivity contribution < 1.29 is 14.3 Å². The lowest BCUT2D eigenvalue weighted by molar-refractivity contribution is -0.146. The molecule has 0 aromatic carbocycles. The van der Waals surface area contributed by atoms with Crippen molar-refractivity contribution in [2.75, 3.05) is 6.61 Å². The molecule has 4 nitrogen and oxygen atoms in total. The van der Waals surface area contributed by atoms with E-state index in [1.165, 1.54) is 89.9 Å². The Morgan fingerprint density at radius 3 is 1.90 bits per heavy atom. The molecule has 1 fully saturated rings. The monoisotopic (exact) mass is 407 g/mol. The highest BCUT2D eigenvalue weighted by Crippen LogP contribution is 2.12. The second kappa shape index (κ2) is 18.7. The first-order valence-electron chi connectivity index (χ1n) is 12.3. The van der Waals surface area contributed by atoms with Crippen LogP contribution >= 0.6 is 0 Å². The molecule has 1 N–H and O–H groups in total. The van der Waals surface area contributed by atoms with E-state index in [0.29, 0.717) is 19.4 Å². The molecule has 0 spiro atoms. The molecule has 1 atom stereocenters. The number of nitrogens with one attached hydrogen (secondary N) is 1. The Hall–Kier alpha value is -1.32. The predicted octanol–water partition coefficient (Wildman–Crippen LogP) is 6.63. The fourth-order valence-corrected chi connectivity index (χ4v) is 3.77. The van der Waals surface area contributed by atoms with Gasteiger partial charge < -0.3 is 10.1 Å². The van der Waals surface area contributed by atoms with Crippen molar-refractivity contribution in [3.8, 4) is 0 Å². The Labute approximate surface area is 179 Å². The molecule has 1 aliphatic heterocycles. The topological polar surface area (TPSA) is 55.4 Å². The zero-order chi connectivity index (χ0) is 21.0. The summed E-state index contributed by atoms with van der Waals surface area (Å²) in [6, 6.07) is -0.409. The summed E-state index contributed by atoms with van der Waals surface area (Å²) in [6.07, 6.45) is 26.4. The lowest BCUT2D eigenvalue weighted by Crippen LogP contribution is -2.34. The first-order valence-corrected chi connectivity index (χ1v) is 12.3. The minimum absolute atomic E-state index is 0.0448. The van der Waals surface area contributed by atoms with Gasteiger partial charge in [-0.05, 0) is 38.5 Å². The molecule has 1 rings (SSSR count). The van der Waals surface area contributed by atoms with Crippen LogP contribution in [-0.2, 0) is 14.3 Å². The number of esters is 1. The Kier molecular flexibility index (Phi) is 16.6. The van der Waals surface area contributed by atoms with Crippen LogP contribution in [0.25, 0.3) is 0 Å². The summed E-state index contributed by atoms with van der Waals surface area (Å²) in [4.78, 5) is 22.8. The van der Waals surface area contributed by atoms with E-state index in [9.17, 15) is 9.59 Å². The molecule has 1 aliphatic rings. The van der Waals surface area contributed by atoms with Crippen molar-refractivity contribution in [2.45, 2.75) is 129 Å². The van der Waals surface area contributed by atoms with Gasteiger partial charge in [0, 0.05) is 6.42 Å². The Bertz CT molecular complexity index is 447. The minimum atomic E-state index is -0.409. The molecule has 29 heavy (non-hydrogen) atoms. The summed E-state index contributed by atoms with van der Waals surface area (Å²) >= 11 is 0. The van der Waals surface area contributed by atoms with Gasteiger partial charge in [-0.25, -0.2) is 4.79 Å². The maximum atomic E-state index is 11.7. The summed E-state index contributed by atoms with van der Waals surface area (Å²) in [5, 5.41) is 2.65. The van der Waals surface area contributed by atoms with Crippen LogP contribution in [0.4, 0.5) is 0 Å². The maximum absolute atomic E-state index is 11.7. The summed E-state index contributed by atoms with van der Waals surface area (Å²) in [7, 11) is 0. The SMILES string of the molecule is CCCCCCC/C=C/CCCCCCCCCCCOC(=O)[C@@H]1CCC(=O)N1. The predicted molar refractivity (Wildman–Crippen MR) is 121 cm³/mol. The molecule has 4 heteroatoms. The van der Waals surface area contributed by atoms with Gasteiger partial charge in [0.1, 0.15) is 6.04 Å². The van der Waals surface area contributed by atoms with Gasteiger partial charge in [-0.1, -0.05) is 89.7 Å². The van der Waals surface area contributed by atoms with E-state index in [1.54, 1.807) is 0 Å². The molecule has 0 radical (unpaired) electrons. The second-order valence-electron chi connectivity index (χ2n) is 8.47. The molecule has 0 bridgehead atoms. The van der Waals surface area contributed by atoms with Gasteiger partial charge in [-0.2, -0.15) is 0 Å². The molecular formula is C25H45NO3. The van der Waals surface area contributed by atoms with Crippen LogP contribution < -0.4 is 5.32 Å². The summed E-state index contributed by atoms with van der Waals surface area (Å²) in [6.45, 7) is 2.75. The van der Waals surface area contributed by atoms with Crippen molar-refractivity contribution in [1.82, 2.24) is 5.32 Å². The van der Waals surface area contributed by atoms with Crippen LogP contribution in [0.5, 0.6) is 0 Å². The van der Waals surface area contributed by atoms with Gasteiger partial charge in [0.05, 0.1) is 6.61 Å². The van der Waals surface area contributed by atoms with Crippen LogP contribution in [-0.4, -0.2) is 24.5 Å². The lowest BCUT2D eigenvalue weighted by atomic mass is 10.1. The van der Waals surface area contributed by atoms with Crippen molar-refractivity contribution in [3.05, 3.63) is 12.2 Å². The normalized spacial score (nSPS) is 16.4. The molecule has 0 unspecified atom stereocenters. The molecule has 1 saturated heterocycles. The van der Waals surface area contributed by atoms with Gasteiger partial charge >= 0.3 is 5.97 Å². The van der Waals surface area contributed by atoms with Gasteiger partial charge in [0.25, 0.3) is 0 Å². The summed E-state index contributed by atoms with van der Waals surface area (Å²) in [5.74, 6) is -0.311. The van der Waals surface area contributed by atoms with E-state index in [-0.39, 0.29) is 11.9 Å². The summed E-state index contributed by atoms with van der Waals surface area (Å²) in [5.41, 5.74) is 0. The fourth-order valence-electron chi connectivity index (χ4n) is 3.77. The van der Waals surface area contributed by atoms with Crippen LogP contribution in [0.2, 0.25) is 0 Å². The molecule has 0 saturated carbocycles. The summed E-state index contributed by atoms with van der Waals surface area (Å²) < 4.78 is 5.24. The third-order valence-corrected chi connectivity index (χ3v) is 5.68. The highest BCUT2D eigenvalue weighted by Gasteiger charge is 2.28. The van der Waals surface area contributed by atoms with Gasteiger partial charge in [-0.15, -0.1) is 0 Å². The largest absolute Gasteiger partial charge is 0.464 e. The number of amides is 1. The average molecular weight is 408 g/mol. The van der Waals surface area contributed by atoms with Crippen LogP contribution in [0.1, 0.15) is 122 Å².